The van der Waals surface area contributed by atoms with Gasteiger partial charge in [0.05, 0.1) is 5.69 Å². The van der Waals surface area contributed by atoms with Gasteiger partial charge >= 0.3 is 5.97 Å². The van der Waals surface area contributed by atoms with E-state index in [0.717, 1.165) is 5.69 Å². The molecule has 21 heavy (non-hydrogen) atoms. The molecule has 0 aliphatic heterocycles. The zero-order valence-corrected chi connectivity index (χ0v) is 12.2. The third-order valence-electron chi connectivity index (χ3n) is 2.33. The molecule has 7 heteroatoms. The molecule has 1 amide bonds. The van der Waals surface area contributed by atoms with Crippen molar-refractivity contribution in [3.05, 3.63) is 41.4 Å². The number of para-hydroxylation sites is 1. The molecule has 0 aliphatic rings. The minimum absolute atomic E-state index is 0.242. The molecule has 0 spiro atoms. The Labute approximate surface area is 125 Å². The molecule has 1 N–H and O–H groups in total. The van der Waals surface area contributed by atoms with Crippen LogP contribution >= 0.6 is 11.3 Å². The highest BCUT2D eigenvalue weighted by Gasteiger charge is 2.10. The van der Waals surface area contributed by atoms with Gasteiger partial charge in [-0.2, -0.15) is 0 Å². The number of carbonyl (C=O) groups is 2. The number of nitrogens with one attached hydrogen (secondary N) is 1. The summed E-state index contributed by atoms with van der Waals surface area (Å²) in [6.45, 7) is 1.22. The standard InChI is InChI=1S/C14H14N2O4S/c1-10-9-21-14(15-10)16-12(17)7-20-13(18)8-19-11-5-3-2-4-6-11/h2-6,9H,7-8H2,1H3,(H,15,16,17). The van der Waals surface area contributed by atoms with Gasteiger partial charge in [-0.1, -0.05) is 18.2 Å². The van der Waals surface area contributed by atoms with Crippen molar-refractivity contribution in [1.29, 1.82) is 0 Å². The van der Waals surface area contributed by atoms with Crippen LogP contribution in [0.25, 0.3) is 0 Å². The minimum Gasteiger partial charge on any atom is -0.482 e. The summed E-state index contributed by atoms with van der Waals surface area (Å²) in [4.78, 5) is 27.1. The van der Waals surface area contributed by atoms with Crippen molar-refractivity contribution in [2.45, 2.75) is 6.92 Å². The van der Waals surface area contributed by atoms with E-state index in [1.807, 2.05) is 18.4 Å². The molecule has 0 saturated heterocycles. The van der Waals surface area contributed by atoms with Gasteiger partial charge in [-0.15, -0.1) is 11.3 Å². The molecule has 0 bridgehead atoms. The Hall–Kier alpha value is -2.41. The highest BCUT2D eigenvalue weighted by atomic mass is 32.1. The number of ether oxygens (including phenoxy) is 2. The molecular formula is C14H14N2O4S. The van der Waals surface area contributed by atoms with Crippen LogP contribution in [0.1, 0.15) is 5.69 Å². The van der Waals surface area contributed by atoms with E-state index in [-0.39, 0.29) is 13.2 Å². The second-order valence-electron chi connectivity index (χ2n) is 4.10. The van der Waals surface area contributed by atoms with E-state index in [1.54, 1.807) is 24.3 Å². The van der Waals surface area contributed by atoms with Crippen molar-refractivity contribution in [2.75, 3.05) is 18.5 Å². The van der Waals surface area contributed by atoms with Crippen LogP contribution in [0, 0.1) is 6.92 Å². The van der Waals surface area contributed by atoms with Gasteiger partial charge in [0.2, 0.25) is 0 Å². The lowest BCUT2D eigenvalue weighted by Crippen LogP contribution is -2.23. The Morgan fingerprint density at radius 2 is 2.00 bits per heavy atom. The molecule has 0 fully saturated rings. The number of nitrogens with zero attached hydrogens (tertiary/aromatic N) is 1. The number of thiazole rings is 1. The fourth-order valence-electron chi connectivity index (χ4n) is 1.41. The number of rotatable bonds is 6. The summed E-state index contributed by atoms with van der Waals surface area (Å²) in [5.74, 6) is -0.473. The van der Waals surface area contributed by atoms with E-state index in [0.29, 0.717) is 10.9 Å². The van der Waals surface area contributed by atoms with Gasteiger partial charge in [0.15, 0.2) is 18.3 Å². The Morgan fingerprint density at radius 1 is 1.24 bits per heavy atom. The smallest absolute Gasteiger partial charge is 0.344 e. The van der Waals surface area contributed by atoms with Crippen LogP contribution < -0.4 is 10.1 Å². The monoisotopic (exact) mass is 306 g/mol. The van der Waals surface area contributed by atoms with Crippen LogP contribution in [-0.4, -0.2) is 30.1 Å². The number of carbonyl (C=O) groups excluding carboxylic acids is 2. The third-order valence-corrected chi connectivity index (χ3v) is 3.21. The van der Waals surface area contributed by atoms with Crippen LogP contribution in [0.2, 0.25) is 0 Å². The van der Waals surface area contributed by atoms with Crippen LogP contribution in [0.3, 0.4) is 0 Å². The molecule has 1 heterocycles. The molecule has 0 atom stereocenters. The number of esters is 1. The van der Waals surface area contributed by atoms with Gasteiger partial charge in [-0.25, -0.2) is 9.78 Å². The highest BCUT2D eigenvalue weighted by molar-refractivity contribution is 7.13. The molecule has 2 rings (SSSR count). The van der Waals surface area contributed by atoms with Crippen LogP contribution in [0.4, 0.5) is 5.13 Å². The predicted octanol–water partition coefficient (Wildman–Crippen LogP) is 2.01. The minimum atomic E-state index is -0.607. The number of hydrogen-bond donors (Lipinski definition) is 1. The van der Waals surface area contributed by atoms with E-state index < -0.39 is 11.9 Å². The normalized spacial score (nSPS) is 9.95. The van der Waals surface area contributed by atoms with Crippen LogP contribution in [0.15, 0.2) is 35.7 Å². The molecule has 0 unspecified atom stereocenters. The Balaban J connectivity index is 1.67. The average molecular weight is 306 g/mol. The number of hydrogen-bond acceptors (Lipinski definition) is 6. The molecule has 1 aromatic heterocycles. The Kier molecular flexibility index (Phi) is 5.28. The molecule has 0 radical (unpaired) electrons. The van der Waals surface area contributed by atoms with Gasteiger partial charge in [0.1, 0.15) is 5.75 Å². The average Bonchev–Trinajstić information content (AvgIpc) is 2.89. The number of benzene rings is 1. The van der Waals surface area contributed by atoms with Crippen molar-refractivity contribution in [3.8, 4) is 5.75 Å². The summed E-state index contributed by atoms with van der Waals surface area (Å²) in [5, 5.41) is 4.84. The van der Waals surface area contributed by atoms with Crippen molar-refractivity contribution < 1.29 is 19.1 Å². The molecule has 0 saturated carbocycles. The maximum absolute atomic E-state index is 11.5. The highest BCUT2D eigenvalue weighted by Crippen LogP contribution is 2.14. The largest absolute Gasteiger partial charge is 0.482 e. The second kappa shape index (κ2) is 7.39. The zero-order valence-electron chi connectivity index (χ0n) is 11.4. The summed E-state index contributed by atoms with van der Waals surface area (Å²) >= 11 is 1.31. The molecule has 6 nitrogen and oxygen atoms in total. The first-order valence-electron chi connectivity index (χ1n) is 6.19. The van der Waals surface area contributed by atoms with Gasteiger partial charge < -0.3 is 9.47 Å². The number of amides is 1. The topological polar surface area (TPSA) is 77.5 Å². The van der Waals surface area contributed by atoms with Crippen LogP contribution in [-0.2, 0) is 14.3 Å². The number of aryl methyl sites for hydroxylation is 1. The van der Waals surface area contributed by atoms with Crippen molar-refractivity contribution in [1.82, 2.24) is 4.98 Å². The first kappa shape index (κ1) is 15.0. The Morgan fingerprint density at radius 3 is 2.67 bits per heavy atom. The number of anilines is 1. The third kappa shape index (κ3) is 5.23. The lowest BCUT2D eigenvalue weighted by Gasteiger charge is -2.06. The van der Waals surface area contributed by atoms with Crippen molar-refractivity contribution >= 4 is 28.3 Å². The van der Waals surface area contributed by atoms with E-state index in [4.69, 9.17) is 9.47 Å². The molecular weight excluding hydrogens is 292 g/mol. The predicted molar refractivity (Wildman–Crippen MR) is 78.4 cm³/mol. The molecule has 110 valence electrons. The fraction of sp³-hybridized carbons (Fsp3) is 0.214. The maximum atomic E-state index is 11.5. The first-order valence-corrected chi connectivity index (χ1v) is 7.07. The molecule has 1 aromatic carbocycles. The molecule has 2 aromatic rings. The fourth-order valence-corrected chi connectivity index (χ4v) is 2.12. The summed E-state index contributed by atoms with van der Waals surface area (Å²) in [6.07, 6.45) is 0. The lowest BCUT2D eigenvalue weighted by molar-refractivity contribution is -0.149. The van der Waals surface area contributed by atoms with Gasteiger partial charge in [0, 0.05) is 5.38 Å². The summed E-state index contributed by atoms with van der Waals surface area (Å²) in [7, 11) is 0. The van der Waals surface area contributed by atoms with Crippen molar-refractivity contribution in [2.24, 2.45) is 0 Å². The summed E-state index contributed by atoms with van der Waals surface area (Å²) < 4.78 is 10.0. The van der Waals surface area contributed by atoms with Gasteiger partial charge in [0.25, 0.3) is 5.91 Å². The Bertz CT molecular complexity index is 612. The van der Waals surface area contributed by atoms with E-state index in [2.05, 4.69) is 10.3 Å². The van der Waals surface area contributed by atoms with Gasteiger partial charge in [-0.05, 0) is 19.1 Å². The van der Waals surface area contributed by atoms with E-state index in [1.165, 1.54) is 11.3 Å². The van der Waals surface area contributed by atoms with Crippen LogP contribution in [0.5, 0.6) is 5.75 Å². The summed E-state index contributed by atoms with van der Waals surface area (Å²) in [6, 6.07) is 8.89. The SMILES string of the molecule is Cc1csc(NC(=O)COC(=O)COc2ccccc2)n1. The van der Waals surface area contributed by atoms with Crippen molar-refractivity contribution in [3.63, 3.8) is 0 Å². The number of aromatic nitrogens is 1. The maximum Gasteiger partial charge on any atom is 0.344 e. The van der Waals surface area contributed by atoms with E-state index >= 15 is 0 Å². The zero-order chi connectivity index (χ0) is 15.1. The summed E-state index contributed by atoms with van der Waals surface area (Å²) in [5.41, 5.74) is 0.823. The molecule has 0 aliphatic carbocycles. The van der Waals surface area contributed by atoms with E-state index in [9.17, 15) is 9.59 Å². The van der Waals surface area contributed by atoms with Gasteiger partial charge in [-0.3, -0.25) is 10.1 Å². The quantitative estimate of drug-likeness (QED) is 0.826. The second-order valence-corrected chi connectivity index (χ2v) is 4.96. The first-order chi connectivity index (χ1) is 10.1. The lowest BCUT2D eigenvalue weighted by atomic mass is 10.3.